The maximum absolute atomic E-state index is 13.8. The highest BCUT2D eigenvalue weighted by Gasteiger charge is 2.37. The summed E-state index contributed by atoms with van der Waals surface area (Å²) in [5.74, 6) is -2.82. The molecular formula is C34H48F2N4O6. The van der Waals surface area contributed by atoms with Crippen LogP contribution in [0.4, 0.5) is 14.6 Å². The van der Waals surface area contributed by atoms with E-state index >= 15 is 0 Å². The Kier molecular flexibility index (Phi) is 11.3. The van der Waals surface area contributed by atoms with Crippen molar-refractivity contribution in [1.29, 1.82) is 0 Å². The third kappa shape index (κ3) is 8.92. The quantitative estimate of drug-likeness (QED) is 0.179. The predicted molar refractivity (Wildman–Crippen MR) is 170 cm³/mol. The molecule has 3 aromatic rings. The molecule has 1 aliphatic heterocycles. The Morgan fingerprint density at radius 1 is 1.11 bits per heavy atom. The zero-order chi connectivity index (χ0) is 33.8. The van der Waals surface area contributed by atoms with Crippen LogP contribution in [0, 0.1) is 18.6 Å². The molecule has 0 bridgehead atoms. The molecule has 1 aromatic carbocycles. The van der Waals surface area contributed by atoms with Crippen molar-refractivity contribution in [1.82, 2.24) is 14.6 Å². The summed E-state index contributed by atoms with van der Waals surface area (Å²) in [6.45, 7) is 12.9. The number of piperidine rings is 1. The molecule has 0 saturated carbocycles. The number of unbranched alkanes of at least 4 members (excludes halogenated alkanes) is 1. The maximum atomic E-state index is 13.8. The minimum absolute atomic E-state index is 0.184. The fourth-order valence-electron chi connectivity index (χ4n) is 5.95. The van der Waals surface area contributed by atoms with E-state index in [-0.39, 0.29) is 23.7 Å². The van der Waals surface area contributed by atoms with Crippen LogP contribution in [0.25, 0.3) is 5.65 Å². The maximum Gasteiger partial charge on any atom is 0.337 e. The van der Waals surface area contributed by atoms with Crippen LogP contribution in [0.5, 0.6) is 5.75 Å². The number of hydrogen-bond donors (Lipinski definition) is 3. The van der Waals surface area contributed by atoms with Crippen molar-refractivity contribution in [3.05, 3.63) is 52.3 Å². The van der Waals surface area contributed by atoms with Gasteiger partial charge in [-0.2, -0.15) is 9.61 Å². The Balaban J connectivity index is 1.62. The molecule has 0 radical (unpaired) electrons. The summed E-state index contributed by atoms with van der Waals surface area (Å²) in [6.07, 6.45) is 3.46. The number of aromatic hydroxyl groups is 1. The number of aryl methyl sites for hydroxylation is 3. The first-order valence-corrected chi connectivity index (χ1v) is 16.1. The van der Waals surface area contributed by atoms with E-state index in [2.05, 4.69) is 11.8 Å². The summed E-state index contributed by atoms with van der Waals surface area (Å²) in [7, 11) is 0. The number of benzene rings is 1. The van der Waals surface area contributed by atoms with Gasteiger partial charge in [0.2, 0.25) is 0 Å². The number of aliphatic hydroxyl groups is 1. The number of ether oxygens (including phenoxy) is 2. The van der Waals surface area contributed by atoms with E-state index in [4.69, 9.17) is 19.6 Å². The summed E-state index contributed by atoms with van der Waals surface area (Å²) in [4.78, 5) is 19.5. The zero-order valence-electron chi connectivity index (χ0n) is 27.8. The van der Waals surface area contributed by atoms with Gasteiger partial charge >= 0.3 is 5.97 Å². The molecule has 0 amide bonds. The van der Waals surface area contributed by atoms with Crippen LogP contribution in [0.3, 0.4) is 0 Å². The minimum atomic E-state index is -1.29. The number of hydrogen-bond acceptors (Lipinski definition) is 8. The lowest BCUT2D eigenvalue weighted by molar-refractivity contribution is -0.160. The van der Waals surface area contributed by atoms with E-state index in [0.29, 0.717) is 79.9 Å². The number of aromatic nitrogens is 3. The SMILES string of the molecule is Cc1nc2cc(CCCc3cc(F)cc(F)c3O)nn2c(N2CCC(C)(OCCCC[C@@H](C)O)CC2)c1C(OC(C)(C)C)C(=O)O. The highest BCUT2D eigenvalue weighted by Crippen LogP contribution is 2.38. The second kappa shape index (κ2) is 14.6. The van der Waals surface area contributed by atoms with Crippen molar-refractivity contribution in [2.75, 3.05) is 24.6 Å². The van der Waals surface area contributed by atoms with E-state index in [1.54, 1.807) is 18.4 Å². The van der Waals surface area contributed by atoms with E-state index in [1.807, 2.05) is 26.8 Å². The van der Waals surface area contributed by atoms with Gasteiger partial charge in [-0.15, -0.1) is 0 Å². The van der Waals surface area contributed by atoms with Crippen molar-refractivity contribution in [3.63, 3.8) is 0 Å². The predicted octanol–water partition coefficient (Wildman–Crippen LogP) is 6.06. The highest BCUT2D eigenvalue weighted by atomic mass is 19.1. The van der Waals surface area contributed by atoms with Gasteiger partial charge in [-0.25, -0.2) is 18.6 Å². The number of fused-ring (bicyclic) bond motifs is 1. The number of anilines is 1. The number of carboxylic acid groups (broad SMARTS) is 1. The smallest absolute Gasteiger partial charge is 0.337 e. The fourth-order valence-corrected chi connectivity index (χ4v) is 5.95. The van der Waals surface area contributed by atoms with E-state index in [1.165, 1.54) is 0 Å². The van der Waals surface area contributed by atoms with Crippen molar-refractivity contribution in [2.24, 2.45) is 0 Å². The molecule has 0 aliphatic carbocycles. The number of rotatable bonds is 14. The molecule has 10 nitrogen and oxygen atoms in total. The van der Waals surface area contributed by atoms with Crippen LogP contribution < -0.4 is 4.90 Å². The standard InChI is InChI=1S/C34H48F2N4O6/c1-21(41)10-7-8-17-45-34(6)13-15-39(16-14-34)31-28(30(32(43)44)46-33(3,4)5)22(2)37-27-20-25(38-40(27)31)12-9-11-23-18-24(35)19-26(36)29(23)42/h18-21,30,41-42H,7-17H2,1-6H3,(H,43,44)/t21-,30?/m1/s1. The van der Waals surface area contributed by atoms with Gasteiger partial charge in [0.25, 0.3) is 0 Å². The molecule has 254 valence electrons. The number of phenols is 1. The number of carbonyl (C=O) groups is 1. The first-order chi connectivity index (χ1) is 21.6. The van der Waals surface area contributed by atoms with Crippen molar-refractivity contribution >= 4 is 17.4 Å². The van der Waals surface area contributed by atoms with Gasteiger partial charge in [-0.05, 0) is 105 Å². The summed E-state index contributed by atoms with van der Waals surface area (Å²) in [5.41, 5.74) is 1.28. The summed E-state index contributed by atoms with van der Waals surface area (Å²) in [6, 6.07) is 3.61. The molecule has 0 spiro atoms. The number of aliphatic carboxylic acids is 1. The average Bonchev–Trinajstić information content (AvgIpc) is 3.35. The Morgan fingerprint density at radius 3 is 2.43 bits per heavy atom. The molecule has 4 rings (SSSR count). The first kappa shape index (κ1) is 35.5. The van der Waals surface area contributed by atoms with Gasteiger partial charge < -0.3 is 29.7 Å². The lowest BCUT2D eigenvalue weighted by Crippen LogP contribution is -2.46. The third-order valence-electron chi connectivity index (χ3n) is 8.39. The first-order valence-electron chi connectivity index (χ1n) is 16.1. The average molecular weight is 647 g/mol. The Hall–Kier alpha value is -3.35. The van der Waals surface area contributed by atoms with Crippen LogP contribution >= 0.6 is 0 Å². The lowest BCUT2D eigenvalue weighted by Gasteiger charge is -2.41. The number of aliphatic hydroxyl groups excluding tert-OH is 1. The number of nitrogens with zero attached hydrogens (tertiary/aromatic N) is 4. The molecule has 2 aromatic heterocycles. The molecule has 3 heterocycles. The molecule has 1 aliphatic rings. The molecule has 1 unspecified atom stereocenters. The Morgan fingerprint density at radius 2 is 1.80 bits per heavy atom. The normalized spacial score (nSPS) is 16.6. The van der Waals surface area contributed by atoms with Gasteiger partial charge in [0.15, 0.2) is 23.3 Å². The van der Waals surface area contributed by atoms with Crippen LogP contribution in [0.1, 0.15) is 102 Å². The van der Waals surface area contributed by atoms with Gasteiger partial charge in [0.1, 0.15) is 11.6 Å². The van der Waals surface area contributed by atoms with Gasteiger partial charge in [0, 0.05) is 37.5 Å². The number of halogens is 2. The summed E-state index contributed by atoms with van der Waals surface area (Å²) in [5, 5.41) is 34.7. The van der Waals surface area contributed by atoms with Crippen LogP contribution in [0.2, 0.25) is 0 Å². The van der Waals surface area contributed by atoms with E-state index < -0.39 is 35.1 Å². The van der Waals surface area contributed by atoms with Gasteiger partial charge in [-0.1, -0.05) is 0 Å². The highest BCUT2D eigenvalue weighted by molar-refractivity contribution is 5.78. The number of phenolic OH excluding ortho intramolecular Hbond substituents is 1. The molecule has 12 heteroatoms. The second-order valence-corrected chi connectivity index (χ2v) is 13.7. The molecule has 1 saturated heterocycles. The van der Waals surface area contributed by atoms with Crippen LogP contribution in [0.15, 0.2) is 18.2 Å². The monoisotopic (exact) mass is 646 g/mol. The molecule has 46 heavy (non-hydrogen) atoms. The number of carboxylic acids is 1. The summed E-state index contributed by atoms with van der Waals surface area (Å²) < 4.78 is 41.7. The van der Waals surface area contributed by atoms with Gasteiger partial charge in [-0.3, -0.25) is 0 Å². The van der Waals surface area contributed by atoms with Crippen LogP contribution in [-0.4, -0.2) is 72.9 Å². The molecule has 3 N–H and O–H groups in total. The largest absolute Gasteiger partial charge is 0.505 e. The van der Waals surface area contributed by atoms with Crippen LogP contribution in [-0.2, 0) is 27.1 Å². The third-order valence-corrected chi connectivity index (χ3v) is 8.39. The minimum Gasteiger partial charge on any atom is -0.505 e. The van der Waals surface area contributed by atoms with Crippen molar-refractivity contribution in [2.45, 2.75) is 116 Å². The van der Waals surface area contributed by atoms with Gasteiger partial charge in [0.05, 0.1) is 28.6 Å². The Labute approximate surface area is 269 Å². The van der Waals surface area contributed by atoms with E-state index in [9.17, 15) is 28.9 Å². The topological polar surface area (TPSA) is 130 Å². The molecule has 1 fully saturated rings. The van der Waals surface area contributed by atoms with E-state index in [0.717, 1.165) is 25.3 Å². The Bertz CT molecular complexity index is 1510. The van der Waals surface area contributed by atoms with Crippen molar-refractivity contribution in [3.8, 4) is 5.75 Å². The zero-order valence-corrected chi connectivity index (χ0v) is 27.8. The lowest BCUT2D eigenvalue weighted by atomic mass is 9.92. The second-order valence-electron chi connectivity index (χ2n) is 13.7. The molecule has 2 atom stereocenters. The van der Waals surface area contributed by atoms with Crippen molar-refractivity contribution < 1.29 is 38.4 Å². The molecular weight excluding hydrogens is 598 g/mol. The summed E-state index contributed by atoms with van der Waals surface area (Å²) >= 11 is 0. The fraction of sp³-hybridized carbons (Fsp3) is 0.618.